The van der Waals surface area contributed by atoms with E-state index in [1.54, 1.807) is 0 Å². The van der Waals surface area contributed by atoms with Crippen LogP contribution in [-0.2, 0) is 22.5 Å². The van der Waals surface area contributed by atoms with Gasteiger partial charge in [-0.1, -0.05) is 0 Å². The fourth-order valence-corrected chi connectivity index (χ4v) is 0. The Hall–Kier alpha value is 0.869. The molecule has 0 bridgehead atoms. The summed E-state index contributed by atoms with van der Waals surface area (Å²) in [7, 11) is 0. The van der Waals surface area contributed by atoms with Gasteiger partial charge in [-0.05, 0) is 0 Å². The van der Waals surface area contributed by atoms with E-state index in [0.29, 0.717) is 0 Å². The zero-order valence-corrected chi connectivity index (χ0v) is 4.59. The van der Waals surface area contributed by atoms with Crippen LogP contribution in [0.2, 0.25) is 0 Å². The van der Waals surface area contributed by atoms with Crippen molar-refractivity contribution < 1.29 is 28.0 Å². The maximum Gasteiger partial charge on any atom is 2.00 e. The average Bonchev–Trinajstić information content (AvgIpc) is 0. The molecular formula is H5MnO2P. The Labute approximate surface area is 38.7 Å². The molecule has 0 aromatic rings. The molecule has 1 atom stereocenters. The molecule has 29 valence electrons. The van der Waals surface area contributed by atoms with Gasteiger partial charge in [0, 0.05) is 0 Å². The summed E-state index contributed by atoms with van der Waals surface area (Å²) in [5.74, 6) is 0. The van der Waals surface area contributed by atoms with Crippen LogP contribution in [-0.4, -0.2) is 5.48 Å². The molecule has 0 amide bonds. The summed E-state index contributed by atoms with van der Waals surface area (Å²) in [6.07, 6.45) is 0. The van der Waals surface area contributed by atoms with E-state index in [4.69, 9.17) is 0 Å². The quantitative estimate of drug-likeness (QED) is 0.296. The standard InChI is InChI=1S/Mn.H2O.O.H3P/h;1H2;;1H3/q+2;;-2;. The summed E-state index contributed by atoms with van der Waals surface area (Å²) in [5, 5.41) is 0. The van der Waals surface area contributed by atoms with Gasteiger partial charge in [0.1, 0.15) is 0 Å². The first kappa shape index (κ1) is 96.4. The van der Waals surface area contributed by atoms with Crippen LogP contribution in [0, 0.1) is 0 Å². The van der Waals surface area contributed by atoms with Crippen molar-refractivity contribution >= 4 is 9.90 Å². The van der Waals surface area contributed by atoms with Gasteiger partial charge >= 0.3 is 17.1 Å². The maximum atomic E-state index is 0. The summed E-state index contributed by atoms with van der Waals surface area (Å²) in [4.78, 5) is 0. The summed E-state index contributed by atoms with van der Waals surface area (Å²) >= 11 is 0. The Kier molecular flexibility index (Phi) is 1020. The topological polar surface area (TPSA) is 60.0 Å². The molecule has 0 heterocycles. The van der Waals surface area contributed by atoms with Crippen LogP contribution in [0.5, 0.6) is 0 Å². The van der Waals surface area contributed by atoms with Crippen LogP contribution in [0.3, 0.4) is 0 Å². The third-order valence-electron chi connectivity index (χ3n) is 0. The van der Waals surface area contributed by atoms with E-state index in [1.165, 1.54) is 0 Å². The third-order valence-corrected chi connectivity index (χ3v) is 0. The SMILES string of the molecule is O.P.[Mn+2].[O-2]. The normalized spacial score (nSPS) is 0. The second-order valence-corrected chi connectivity index (χ2v) is 0. The molecule has 0 aliphatic carbocycles. The predicted molar refractivity (Wildman–Crippen MR) is 15.4 cm³/mol. The van der Waals surface area contributed by atoms with Gasteiger partial charge in [0.2, 0.25) is 0 Å². The Balaban J connectivity index is 0. The summed E-state index contributed by atoms with van der Waals surface area (Å²) in [5.41, 5.74) is 0. The van der Waals surface area contributed by atoms with Crippen molar-refractivity contribution in [2.24, 2.45) is 0 Å². The molecule has 0 fully saturated rings. The van der Waals surface area contributed by atoms with Gasteiger partial charge in [0.25, 0.3) is 0 Å². The molecule has 0 spiro atoms. The van der Waals surface area contributed by atoms with Gasteiger partial charge in [-0.2, -0.15) is 9.90 Å². The van der Waals surface area contributed by atoms with E-state index < -0.39 is 0 Å². The molecule has 0 saturated heterocycles. The zero-order valence-electron chi connectivity index (χ0n) is 1.99. The second kappa shape index (κ2) is 42.1. The predicted octanol–water partition coefficient (Wildman–Crippen LogP) is -0.888. The molecule has 2 nitrogen and oxygen atoms in total. The maximum absolute atomic E-state index is 0. The van der Waals surface area contributed by atoms with Crippen LogP contribution in [0.15, 0.2) is 0 Å². The van der Waals surface area contributed by atoms with Gasteiger partial charge in [-0.25, -0.2) is 0 Å². The van der Waals surface area contributed by atoms with Crippen LogP contribution in [0.4, 0.5) is 0 Å². The minimum absolute atomic E-state index is 0. The molecule has 4 heavy (non-hydrogen) atoms. The molecule has 0 rings (SSSR count). The van der Waals surface area contributed by atoms with Crippen LogP contribution < -0.4 is 0 Å². The van der Waals surface area contributed by atoms with Crippen molar-refractivity contribution in [3.63, 3.8) is 0 Å². The average molecular weight is 123 g/mol. The first-order chi connectivity index (χ1) is 0. The van der Waals surface area contributed by atoms with Crippen LogP contribution in [0.25, 0.3) is 0 Å². The monoisotopic (exact) mass is 123 g/mol. The number of hydrogen-bond donors (Lipinski definition) is 0. The molecule has 4 heteroatoms. The summed E-state index contributed by atoms with van der Waals surface area (Å²) < 4.78 is 0. The van der Waals surface area contributed by atoms with E-state index in [1.807, 2.05) is 0 Å². The zero-order chi connectivity index (χ0) is 0. The Morgan fingerprint density at radius 1 is 1.00 bits per heavy atom. The number of hydrogen-bond acceptors (Lipinski definition) is 0. The molecule has 0 aliphatic rings. The summed E-state index contributed by atoms with van der Waals surface area (Å²) in [6, 6.07) is 0. The fraction of sp³-hybridized carbons (Fsp3) is 0. The molecule has 1 radical (unpaired) electrons. The van der Waals surface area contributed by atoms with Crippen LogP contribution >= 0.6 is 9.90 Å². The van der Waals surface area contributed by atoms with Crippen molar-refractivity contribution in [1.29, 1.82) is 0 Å². The fourth-order valence-electron chi connectivity index (χ4n) is 0. The molecule has 2 N–H and O–H groups in total. The van der Waals surface area contributed by atoms with Crippen molar-refractivity contribution in [3.8, 4) is 0 Å². The van der Waals surface area contributed by atoms with E-state index in [9.17, 15) is 0 Å². The van der Waals surface area contributed by atoms with Gasteiger partial charge in [-0.3, -0.25) is 0 Å². The van der Waals surface area contributed by atoms with Gasteiger partial charge in [0.15, 0.2) is 0 Å². The Morgan fingerprint density at radius 3 is 1.00 bits per heavy atom. The van der Waals surface area contributed by atoms with Crippen molar-refractivity contribution in [3.05, 3.63) is 0 Å². The first-order valence-electron chi connectivity index (χ1n) is 0. The molecule has 0 saturated carbocycles. The van der Waals surface area contributed by atoms with Gasteiger partial charge in [0.05, 0.1) is 0 Å². The Bertz CT molecular complexity index is 6.00. The van der Waals surface area contributed by atoms with Crippen LogP contribution in [0.1, 0.15) is 0 Å². The van der Waals surface area contributed by atoms with E-state index in [2.05, 4.69) is 0 Å². The van der Waals surface area contributed by atoms with Crippen molar-refractivity contribution in [2.75, 3.05) is 0 Å². The third kappa shape index (κ3) is 13.3. The minimum atomic E-state index is 0. The Morgan fingerprint density at radius 2 is 1.00 bits per heavy atom. The first-order valence-corrected chi connectivity index (χ1v) is 0. The van der Waals surface area contributed by atoms with E-state index >= 15 is 0 Å². The van der Waals surface area contributed by atoms with Gasteiger partial charge in [-0.15, -0.1) is 0 Å². The van der Waals surface area contributed by atoms with Crippen molar-refractivity contribution in [1.82, 2.24) is 0 Å². The number of rotatable bonds is 0. The molecule has 0 aliphatic heterocycles. The van der Waals surface area contributed by atoms with Crippen molar-refractivity contribution in [2.45, 2.75) is 0 Å². The molecule has 0 aromatic carbocycles. The van der Waals surface area contributed by atoms with E-state index in [-0.39, 0.29) is 37.9 Å². The van der Waals surface area contributed by atoms with Gasteiger partial charge < -0.3 is 11.0 Å². The van der Waals surface area contributed by atoms with E-state index in [0.717, 1.165) is 0 Å². The largest absolute Gasteiger partial charge is 2.00 e. The smallest absolute Gasteiger partial charge is 2.00 e. The molecule has 0 aromatic heterocycles. The minimum Gasteiger partial charge on any atom is -2.00 e. The molecule has 1 unspecified atom stereocenters. The summed E-state index contributed by atoms with van der Waals surface area (Å²) in [6.45, 7) is 0. The molecular weight excluding hydrogens is 118 g/mol. The second-order valence-electron chi connectivity index (χ2n) is 0.